The van der Waals surface area contributed by atoms with Crippen LogP contribution in [-0.4, -0.2) is 55.2 Å². The molecule has 146 valence electrons. The third-order valence-corrected chi connectivity index (χ3v) is 5.73. The van der Waals surface area contributed by atoms with Gasteiger partial charge in [-0.05, 0) is 23.8 Å². The maximum absolute atomic E-state index is 12.5. The summed E-state index contributed by atoms with van der Waals surface area (Å²) in [5, 5.41) is 7.27. The Hall–Kier alpha value is -2.48. The van der Waals surface area contributed by atoms with E-state index >= 15 is 0 Å². The van der Waals surface area contributed by atoms with Crippen LogP contribution < -0.4 is 10.6 Å². The third-order valence-electron chi connectivity index (χ3n) is 4.75. The monoisotopic (exact) mass is 396 g/mol. The average molecular weight is 397 g/mol. The van der Waals surface area contributed by atoms with Crippen LogP contribution in [0, 0.1) is 0 Å². The van der Waals surface area contributed by atoms with Crippen LogP contribution in [0.1, 0.15) is 15.9 Å². The summed E-state index contributed by atoms with van der Waals surface area (Å²) in [6.07, 6.45) is 0. The van der Waals surface area contributed by atoms with Crippen molar-refractivity contribution >= 4 is 32.6 Å². The van der Waals surface area contributed by atoms with E-state index in [0.29, 0.717) is 12.1 Å². The Balaban J connectivity index is 1.33. The van der Waals surface area contributed by atoms with Crippen LogP contribution >= 0.6 is 11.3 Å². The van der Waals surface area contributed by atoms with Gasteiger partial charge in [0, 0.05) is 38.3 Å². The Labute approximate surface area is 168 Å². The maximum atomic E-state index is 12.5. The first-order chi connectivity index (χ1) is 13.8. The molecule has 1 saturated heterocycles. The van der Waals surface area contributed by atoms with Gasteiger partial charge in [-0.25, -0.2) is 4.98 Å². The molecule has 1 amide bonds. The normalized spacial score (nSPS) is 14.9. The summed E-state index contributed by atoms with van der Waals surface area (Å²) >= 11 is 1.58. The van der Waals surface area contributed by atoms with Gasteiger partial charge in [0.05, 0.1) is 23.4 Å². The molecule has 2 aromatic carbocycles. The van der Waals surface area contributed by atoms with E-state index in [1.54, 1.807) is 11.3 Å². The van der Waals surface area contributed by atoms with Gasteiger partial charge in [0.1, 0.15) is 0 Å². The summed E-state index contributed by atoms with van der Waals surface area (Å²) in [4.78, 5) is 19.5. The Morgan fingerprint density at radius 2 is 1.96 bits per heavy atom. The summed E-state index contributed by atoms with van der Waals surface area (Å²) in [6.45, 7) is 5.96. The van der Waals surface area contributed by atoms with Crippen molar-refractivity contribution in [1.29, 1.82) is 0 Å². The second-order valence-electron chi connectivity index (χ2n) is 6.75. The van der Waals surface area contributed by atoms with Crippen LogP contribution in [0.15, 0.2) is 48.5 Å². The van der Waals surface area contributed by atoms with E-state index in [4.69, 9.17) is 4.74 Å². The molecule has 0 saturated carbocycles. The minimum Gasteiger partial charge on any atom is -0.379 e. The number of ether oxygens (including phenoxy) is 1. The minimum atomic E-state index is -0.0685. The number of thiazole rings is 1. The van der Waals surface area contributed by atoms with Gasteiger partial charge < -0.3 is 15.4 Å². The quantitative estimate of drug-likeness (QED) is 0.643. The Morgan fingerprint density at radius 3 is 2.79 bits per heavy atom. The number of carbonyl (C=O) groups excluding carboxylic acids is 1. The Kier molecular flexibility index (Phi) is 6.16. The molecule has 0 atom stereocenters. The third kappa shape index (κ3) is 4.86. The lowest BCUT2D eigenvalue weighted by atomic mass is 10.2. The first-order valence-electron chi connectivity index (χ1n) is 9.54. The molecule has 0 spiro atoms. The van der Waals surface area contributed by atoms with Crippen LogP contribution in [0.3, 0.4) is 0 Å². The van der Waals surface area contributed by atoms with E-state index in [0.717, 1.165) is 60.3 Å². The number of rotatable bonds is 7. The van der Waals surface area contributed by atoms with Gasteiger partial charge in [0.25, 0.3) is 5.91 Å². The number of amides is 1. The van der Waals surface area contributed by atoms with Crippen molar-refractivity contribution in [2.24, 2.45) is 0 Å². The number of nitrogens with zero attached hydrogens (tertiary/aromatic N) is 2. The van der Waals surface area contributed by atoms with Crippen LogP contribution in [0.4, 0.5) is 5.13 Å². The molecule has 0 unspecified atom stereocenters. The van der Waals surface area contributed by atoms with Gasteiger partial charge in [-0.2, -0.15) is 0 Å². The largest absolute Gasteiger partial charge is 0.379 e. The van der Waals surface area contributed by atoms with Gasteiger partial charge in [-0.1, -0.05) is 41.7 Å². The highest BCUT2D eigenvalue weighted by Gasteiger charge is 2.11. The molecule has 6 nitrogen and oxygen atoms in total. The molecule has 0 aliphatic carbocycles. The van der Waals surface area contributed by atoms with Crippen molar-refractivity contribution in [1.82, 2.24) is 15.2 Å². The highest BCUT2D eigenvalue weighted by Crippen LogP contribution is 2.26. The molecule has 3 aromatic rings. The standard InChI is InChI=1S/C21H24N4O2S/c26-20(23-15-16-4-2-1-3-5-16)17-6-7-18-19(14-17)28-21(24-18)22-8-9-25-10-12-27-13-11-25/h1-7,14H,8-13,15H2,(H,22,24)(H,23,26). The number of hydrogen-bond acceptors (Lipinski definition) is 6. The van der Waals surface area contributed by atoms with Crippen molar-refractivity contribution in [2.75, 3.05) is 44.7 Å². The number of aromatic nitrogens is 1. The van der Waals surface area contributed by atoms with E-state index in [1.165, 1.54) is 0 Å². The lowest BCUT2D eigenvalue weighted by Crippen LogP contribution is -2.38. The van der Waals surface area contributed by atoms with E-state index < -0.39 is 0 Å². The van der Waals surface area contributed by atoms with Crippen molar-refractivity contribution in [2.45, 2.75) is 6.54 Å². The molecule has 0 radical (unpaired) electrons. The SMILES string of the molecule is O=C(NCc1ccccc1)c1ccc2nc(NCCN3CCOCC3)sc2c1. The molecule has 1 fully saturated rings. The Morgan fingerprint density at radius 1 is 1.14 bits per heavy atom. The fourth-order valence-corrected chi connectivity index (χ4v) is 4.10. The smallest absolute Gasteiger partial charge is 0.251 e. The molecule has 1 aromatic heterocycles. The fraction of sp³-hybridized carbons (Fsp3) is 0.333. The maximum Gasteiger partial charge on any atom is 0.251 e. The number of fused-ring (bicyclic) bond motifs is 1. The number of carbonyl (C=O) groups is 1. The van der Waals surface area contributed by atoms with Crippen LogP contribution in [0.5, 0.6) is 0 Å². The van der Waals surface area contributed by atoms with Crippen molar-refractivity contribution in [3.63, 3.8) is 0 Å². The van der Waals surface area contributed by atoms with Gasteiger partial charge in [-0.3, -0.25) is 9.69 Å². The number of nitrogens with one attached hydrogen (secondary N) is 2. The number of benzene rings is 2. The topological polar surface area (TPSA) is 66.5 Å². The second-order valence-corrected chi connectivity index (χ2v) is 7.78. The summed E-state index contributed by atoms with van der Waals surface area (Å²) in [6, 6.07) is 15.6. The predicted molar refractivity (Wildman–Crippen MR) is 113 cm³/mol. The number of morpholine rings is 1. The van der Waals surface area contributed by atoms with Gasteiger partial charge in [0.2, 0.25) is 0 Å². The first kappa shape index (κ1) is 18.9. The zero-order valence-electron chi connectivity index (χ0n) is 15.7. The van der Waals surface area contributed by atoms with E-state index in [2.05, 4.69) is 20.5 Å². The van der Waals surface area contributed by atoms with Crippen molar-refractivity contribution < 1.29 is 9.53 Å². The van der Waals surface area contributed by atoms with Gasteiger partial charge in [0.15, 0.2) is 5.13 Å². The number of hydrogen-bond donors (Lipinski definition) is 2. The van der Waals surface area contributed by atoms with E-state index in [9.17, 15) is 4.79 Å². The second kappa shape index (κ2) is 9.14. The summed E-state index contributed by atoms with van der Waals surface area (Å²) in [5.41, 5.74) is 2.66. The van der Waals surface area contributed by atoms with Crippen molar-refractivity contribution in [3.8, 4) is 0 Å². The highest BCUT2D eigenvalue weighted by atomic mass is 32.1. The lowest BCUT2D eigenvalue weighted by Gasteiger charge is -2.26. The molecule has 0 bridgehead atoms. The molecule has 28 heavy (non-hydrogen) atoms. The number of anilines is 1. The van der Waals surface area contributed by atoms with Crippen LogP contribution in [-0.2, 0) is 11.3 Å². The molecule has 7 heteroatoms. The zero-order valence-corrected chi connectivity index (χ0v) is 16.5. The van der Waals surface area contributed by atoms with E-state index in [1.807, 2.05) is 48.5 Å². The van der Waals surface area contributed by atoms with Crippen molar-refractivity contribution in [3.05, 3.63) is 59.7 Å². The molecule has 2 N–H and O–H groups in total. The summed E-state index contributed by atoms with van der Waals surface area (Å²) in [7, 11) is 0. The first-order valence-corrected chi connectivity index (χ1v) is 10.4. The van der Waals surface area contributed by atoms with Crippen LogP contribution in [0.2, 0.25) is 0 Å². The highest BCUT2D eigenvalue weighted by molar-refractivity contribution is 7.22. The van der Waals surface area contributed by atoms with Gasteiger partial charge >= 0.3 is 0 Å². The van der Waals surface area contributed by atoms with E-state index in [-0.39, 0.29) is 5.91 Å². The fourth-order valence-electron chi connectivity index (χ4n) is 3.17. The molecule has 1 aliphatic heterocycles. The Bertz CT molecular complexity index is 923. The average Bonchev–Trinajstić information content (AvgIpc) is 3.15. The van der Waals surface area contributed by atoms with Crippen LogP contribution in [0.25, 0.3) is 10.2 Å². The predicted octanol–water partition coefficient (Wildman–Crippen LogP) is 2.97. The summed E-state index contributed by atoms with van der Waals surface area (Å²) < 4.78 is 6.39. The molecular weight excluding hydrogens is 372 g/mol. The minimum absolute atomic E-state index is 0.0685. The lowest BCUT2D eigenvalue weighted by molar-refractivity contribution is 0.0398. The zero-order chi connectivity index (χ0) is 19.2. The molecule has 2 heterocycles. The molecular formula is C21H24N4O2S. The van der Waals surface area contributed by atoms with Gasteiger partial charge in [-0.15, -0.1) is 0 Å². The molecule has 1 aliphatic rings. The summed E-state index contributed by atoms with van der Waals surface area (Å²) in [5.74, 6) is -0.0685. The molecule has 4 rings (SSSR count).